The van der Waals surface area contributed by atoms with Gasteiger partial charge in [-0.15, -0.1) is 0 Å². The van der Waals surface area contributed by atoms with Crippen molar-refractivity contribution < 1.29 is 17.9 Å². The molecule has 1 aromatic rings. The van der Waals surface area contributed by atoms with Crippen LogP contribution in [0.15, 0.2) is 16.8 Å². The van der Waals surface area contributed by atoms with Gasteiger partial charge in [0, 0.05) is 6.04 Å². The standard InChI is InChI=1S/C14H21NO4S2/c1-10(8-11-6-7-20-9-11)15-21(17,18)13-5-3-4-12(13)14(16)19-2/h6-7,9-10,12-13,15H,3-5,8H2,1-2H3. The van der Waals surface area contributed by atoms with Crippen molar-refractivity contribution in [2.24, 2.45) is 5.92 Å². The predicted octanol–water partition coefficient (Wildman–Crippen LogP) is 1.94. The third-order valence-corrected chi connectivity index (χ3v) is 6.67. The molecule has 0 aliphatic heterocycles. The fourth-order valence-electron chi connectivity index (χ4n) is 2.89. The molecule has 1 aliphatic rings. The van der Waals surface area contributed by atoms with Crippen LogP contribution in [0, 0.1) is 5.92 Å². The molecule has 118 valence electrons. The zero-order valence-corrected chi connectivity index (χ0v) is 13.9. The van der Waals surface area contributed by atoms with E-state index in [1.165, 1.54) is 7.11 Å². The van der Waals surface area contributed by atoms with Gasteiger partial charge in [-0.3, -0.25) is 4.79 Å². The number of hydrogen-bond donors (Lipinski definition) is 1. The van der Waals surface area contributed by atoms with E-state index in [4.69, 9.17) is 4.74 Å². The third kappa shape index (κ3) is 4.05. The van der Waals surface area contributed by atoms with Crippen LogP contribution < -0.4 is 4.72 Å². The molecule has 7 heteroatoms. The second-order valence-electron chi connectivity index (χ2n) is 5.50. The first-order valence-corrected chi connectivity index (χ1v) is 9.53. The lowest BCUT2D eigenvalue weighted by Crippen LogP contribution is -2.43. The highest BCUT2D eigenvalue weighted by Crippen LogP contribution is 2.31. The maximum Gasteiger partial charge on any atom is 0.310 e. The molecule has 0 aromatic carbocycles. The fraction of sp³-hybridized carbons (Fsp3) is 0.643. The lowest BCUT2D eigenvalue weighted by Gasteiger charge is -2.21. The number of carbonyl (C=O) groups is 1. The van der Waals surface area contributed by atoms with Crippen molar-refractivity contribution in [3.63, 3.8) is 0 Å². The molecule has 2 rings (SSSR count). The molecular formula is C14H21NO4S2. The molecule has 0 bridgehead atoms. The average molecular weight is 331 g/mol. The summed E-state index contributed by atoms with van der Waals surface area (Å²) in [7, 11) is -2.21. The zero-order chi connectivity index (χ0) is 15.5. The molecule has 1 N–H and O–H groups in total. The van der Waals surface area contributed by atoms with E-state index >= 15 is 0 Å². The molecule has 1 aliphatic carbocycles. The molecule has 3 unspecified atom stereocenters. The monoisotopic (exact) mass is 331 g/mol. The molecule has 0 saturated heterocycles. The summed E-state index contributed by atoms with van der Waals surface area (Å²) in [5, 5.41) is 3.31. The van der Waals surface area contributed by atoms with Crippen LogP contribution in [0.2, 0.25) is 0 Å². The summed E-state index contributed by atoms with van der Waals surface area (Å²) in [4.78, 5) is 11.7. The maximum atomic E-state index is 12.5. The summed E-state index contributed by atoms with van der Waals surface area (Å²) in [6.07, 6.45) is 2.49. The van der Waals surface area contributed by atoms with Crippen molar-refractivity contribution in [2.45, 2.75) is 43.9 Å². The van der Waals surface area contributed by atoms with Crippen LogP contribution in [-0.4, -0.2) is 32.8 Å². The molecule has 1 aromatic heterocycles. The van der Waals surface area contributed by atoms with Gasteiger partial charge in [-0.2, -0.15) is 11.3 Å². The van der Waals surface area contributed by atoms with Gasteiger partial charge >= 0.3 is 5.97 Å². The van der Waals surface area contributed by atoms with Crippen molar-refractivity contribution >= 4 is 27.3 Å². The van der Waals surface area contributed by atoms with E-state index in [1.54, 1.807) is 11.3 Å². The van der Waals surface area contributed by atoms with Gasteiger partial charge in [0.1, 0.15) is 0 Å². The number of nitrogens with one attached hydrogen (secondary N) is 1. The van der Waals surface area contributed by atoms with Gasteiger partial charge in [-0.05, 0) is 48.6 Å². The summed E-state index contributed by atoms with van der Waals surface area (Å²) < 4.78 is 32.4. The van der Waals surface area contributed by atoms with E-state index in [2.05, 4.69) is 4.72 Å². The van der Waals surface area contributed by atoms with E-state index in [0.717, 1.165) is 12.0 Å². The fourth-order valence-corrected chi connectivity index (χ4v) is 5.55. The summed E-state index contributed by atoms with van der Waals surface area (Å²) in [5.74, 6) is -0.964. The first kappa shape index (κ1) is 16.5. The molecule has 1 fully saturated rings. The van der Waals surface area contributed by atoms with Crippen LogP contribution in [0.25, 0.3) is 0 Å². The topological polar surface area (TPSA) is 72.5 Å². The number of rotatable bonds is 6. The molecule has 5 nitrogen and oxygen atoms in total. The highest BCUT2D eigenvalue weighted by molar-refractivity contribution is 7.90. The van der Waals surface area contributed by atoms with Crippen LogP contribution >= 0.6 is 11.3 Å². The van der Waals surface area contributed by atoms with Crippen molar-refractivity contribution in [3.8, 4) is 0 Å². The predicted molar refractivity (Wildman–Crippen MR) is 82.7 cm³/mol. The highest BCUT2D eigenvalue weighted by Gasteiger charge is 2.42. The number of sulfonamides is 1. The van der Waals surface area contributed by atoms with Crippen LogP contribution in [0.3, 0.4) is 0 Å². The minimum atomic E-state index is -3.51. The van der Waals surface area contributed by atoms with Gasteiger partial charge in [0.25, 0.3) is 0 Å². The van der Waals surface area contributed by atoms with Crippen LogP contribution in [0.4, 0.5) is 0 Å². The van der Waals surface area contributed by atoms with Gasteiger partial charge in [0.2, 0.25) is 10.0 Å². The van der Waals surface area contributed by atoms with E-state index in [9.17, 15) is 13.2 Å². The van der Waals surface area contributed by atoms with Gasteiger partial charge in [0.15, 0.2) is 0 Å². The van der Waals surface area contributed by atoms with E-state index in [-0.39, 0.29) is 6.04 Å². The lowest BCUT2D eigenvalue weighted by molar-refractivity contribution is -0.145. The summed E-state index contributed by atoms with van der Waals surface area (Å²) in [6.45, 7) is 1.84. The molecule has 0 radical (unpaired) electrons. The zero-order valence-electron chi connectivity index (χ0n) is 12.2. The Balaban J connectivity index is 2.02. The first-order chi connectivity index (χ1) is 9.94. The molecule has 21 heavy (non-hydrogen) atoms. The first-order valence-electron chi connectivity index (χ1n) is 7.04. The maximum absolute atomic E-state index is 12.5. The van der Waals surface area contributed by atoms with Crippen LogP contribution in [0.5, 0.6) is 0 Å². The Kier molecular flexibility index (Phi) is 5.40. The highest BCUT2D eigenvalue weighted by atomic mass is 32.2. The number of carbonyl (C=O) groups excluding carboxylic acids is 1. The smallest absolute Gasteiger partial charge is 0.310 e. The molecule has 1 saturated carbocycles. The van der Waals surface area contributed by atoms with Crippen LogP contribution in [0.1, 0.15) is 31.7 Å². The summed E-state index contributed by atoms with van der Waals surface area (Å²) in [5.41, 5.74) is 1.12. The Labute approximate surface area is 129 Å². The van der Waals surface area contributed by atoms with Crippen molar-refractivity contribution in [1.82, 2.24) is 4.72 Å². The lowest BCUT2D eigenvalue weighted by atomic mass is 10.1. The van der Waals surface area contributed by atoms with Crippen LogP contribution in [-0.2, 0) is 26.0 Å². The minimum absolute atomic E-state index is 0.191. The number of methoxy groups -OCH3 is 1. The largest absolute Gasteiger partial charge is 0.469 e. The summed E-state index contributed by atoms with van der Waals surface area (Å²) >= 11 is 1.59. The third-order valence-electron chi connectivity index (χ3n) is 3.84. The Bertz CT molecular complexity index is 568. The Morgan fingerprint density at radius 1 is 1.52 bits per heavy atom. The SMILES string of the molecule is COC(=O)C1CCCC1S(=O)(=O)NC(C)Cc1ccsc1. The number of hydrogen-bond acceptors (Lipinski definition) is 5. The molecule has 1 heterocycles. The second kappa shape index (κ2) is 6.89. The molecule has 0 spiro atoms. The molecule has 3 atom stereocenters. The molecule has 0 amide bonds. The van der Waals surface area contributed by atoms with Gasteiger partial charge in [0.05, 0.1) is 18.3 Å². The van der Waals surface area contributed by atoms with Gasteiger partial charge in [-0.25, -0.2) is 13.1 Å². The minimum Gasteiger partial charge on any atom is -0.469 e. The number of ether oxygens (including phenoxy) is 1. The van der Waals surface area contributed by atoms with Crippen molar-refractivity contribution in [3.05, 3.63) is 22.4 Å². The van der Waals surface area contributed by atoms with Gasteiger partial charge in [-0.1, -0.05) is 6.42 Å². The van der Waals surface area contributed by atoms with E-state index in [1.807, 2.05) is 23.8 Å². The van der Waals surface area contributed by atoms with Crippen molar-refractivity contribution in [2.75, 3.05) is 7.11 Å². The van der Waals surface area contributed by atoms with Crippen molar-refractivity contribution in [1.29, 1.82) is 0 Å². The quantitative estimate of drug-likeness (QED) is 0.809. The van der Waals surface area contributed by atoms with E-state index < -0.39 is 27.2 Å². The normalized spacial score (nSPS) is 23.9. The van der Waals surface area contributed by atoms with Gasteiger partial charge < -0.3 is 4.74 Å². The second-order valence-corrected chi connectivity index (χ2v) is 8.21. The molecular weight excluding hydrogens is 310 g/mol. The van der Waals surface area contributed by atoms with E-state index in [0.29, 0.717) is 19.3 Å². The Morgan fingerprint density at radius 2 is 2.29 bits per heavy atom. The number of thiophene rings is 1. The Morgan fingerprint density at radius 3 is 2.90 bits per heavy atom. The average Bonchev–Trinajstić information content (AvgIpc) is 3.07. The summed E-state index contributed by atoms with van der Waals surface area (Å²) in [6, 6.07) is 1.80. The number of esters is 1. The Hall–Kier alpha value is -0.920.